The Morgan fingerprint density at radius 2 is 1.90 bits per heavy atom. The number of rotatable bonds is 3. The molecule has 0 spiro atoms. The van der Waals surface area contributed by atoms with Crippen molar-refractivity contribution >= 4 is 17.3 Å². The Kier molecular flexibility index (Phi) is 3.93. The van der Waals surface area contributed by atoms with E-state index in [1.807, 2.05) is 0 Å². The van der Waals surface area contributed by atoms with Gasteiger partial charge in [-0.1, -0.05) is 6.07 Å². The first kappa shape index (κ1) is 14.6. The van der Waals surface area contributed by atoms with Crippen molar-refractivity contribution in [3.05, 3.63) is 69.8 Å². The number of nitrogens with zero attached hydrogens (tertiary/aromatic N) is 2. The van der Waals surface area contributed by atoms with Gasteiger partial charge in [0.25, 0.3) is 11.6 Å². The number of hydrogen-bond donors (Lipinski definition) is 0. The molecule has 0 bridgehead atoms. The van der Waals surface area contributed by atoms with Crippen molar-refractivity contribution in [2.75, 3.05) is 11.9 Å². The van der Waals surface area contributed by atoms with Crippen molar-refractivity contribution < 1.29 is 18.5 Å². The van der Waals surface area contributed by atoms with Gasteiger partial charge in [0.1, 0.15) is 11.6 Å². The number of carbonyl (C=O) groups is 1. The van der Waals surface area contributed by atoms with E-state index in [1.165, 1.54) is 25.2 Å². The second kappa shape index (κ2) is 5.66. The van der Waals surface area contributed by atoms with Gasteiger partial charge >= 0.3 is 0 Å². The topological polar surface area (TPSA) is 63.5 Å². The maximum Gasteiger partial charge on any atom is 0.270 e. The highest BCUT2D eigenvalue weighted by Gasteiger charge is 2.21. The molecule has 0 radical (unpaired) electrons. The number of carbonyl (C=O) groups excluding carboxylic acids is 1. The minimum absolute atomic E-state index is 0.214. The molecule has 0 atom stereocenters. The number of nitro groups is 1. The van der Waals surface area contributed by atoms with E-state index in [4.69, 9.17) is 0 Å². The molecule has 21 heavy (non-hydrogen) atoms. The van der Waals surface area contributed by atoms with Gasteiger partial charge in [-0.25, -0.2) is 8.78 Å². The third-order valence-corrected chi connectivity index (χ3v) is 2.89. The van der Waals surface area contributed by atoms with Gasteiger partial charge in [-0.15, -0.1) is 0 Å². The molecule has 0 heterocycles. The summed E-state index contributed by atoms with van der Waals surface area (Å²) in [7, 11) is 1.33. The summed E-state index contributed by atoms with van der Waals surface area (Å²) in [5, 5.41) is 10.7. The van der Waals surface area contributed by atoms with Gasteiger partial charge in [-0.05, 0) is 24.3 Å². The number of non-ortho nitro benzene ring substituents is 1. The molecule has 2 aromatic rings. The molecule has 0 saturated carbocycles. The van der Waals surface area contributed by atoms with Crippen LogP contribution in [0.5, 0.6) is 0 Å². The van der Waals surface area contributed by atoms with Crippen LogP contribution < -0.4 is 4.90 Å². The van der Waals surface area contributed by atoms with Gasteiger partial charge in [0.05, 0.1) is 10.5 Å². The molecule has 0 aliphatic carbocycles. The van der Waals surface area contributed by atoms with Crippen LogP contribution in [0.2, 0.25) is 0 Å². The number of hydrogen-bond acceptors (Lipinski definition) is 3. The van der Waals surface area contributed by atoms with E-state index in [-0.39, 0.29) is 5.69 Å². The Morgan fingerprint density at radius 1 is 1.19 bits per heavy atom. The highest BCUT2D eigenvalue weighted by Crippen LogP contribution is 2.21. The van der Waals surface area contributed by atoms with Crippen molar-refractivity contribution in [2.24, 2.45) is 0 Å². The van der Waals surface area contributed by atoms with Crippen LogP contribution in [0.3, 0.4) is 0 Å². The number of nitro benzene ring substituents is 1. The molecular formula is C14H10F2N2O3. The fourth-order valence-electron chi connectivity index (χ4n) is 1.77. The highest BCUT2D eigenvalue weighted by atomic mass is 19.1. The molecule has 2 aromatic carbocycles. The second-order valence-electron chi connectivity index (χ2n) is 4.27. The van der Waals surface area contributed by atoms with Gasteiger partial charge in [-0.3, -0.25) is 14.9 Å². The van der Waals surface area contributed by atoms with E-state index in [1.54, 1.807) is 0 Å². The van der Waals surface area contributed by atoms with Crippen molar-refractivity contribution in [1.29, 1.82) is 0 Å². The molecule has 7 heteroatoms. The smallest absolute Gasteiger partial charge is 0.270 e. The van der Waals surface area contributed by atoms with E-state index in [0.29, 0.717) is 0 Å². The Morgan fingerprint density at radius 3 is 2.52 bits per heavy atom. The number of halogens is 2. The van der Waals surface area contributed by atoms with Crippen LogP contribution in [0.1, 0.15) is 10.4 Å². The Hall–Kier alpha value is -2.83. The molecule has 0 unspecified atom stereocenters. The first-order valence-electron chi connectivity index (χ1n) is 5.87. The summed E-state index contributed by atoms with van der Waals surface area (Å²) in [6, 6.07) is 7.85. The lowest BCUT2D eigenvalue weighted by atomic mass is 10.1. The van der Waals surface area contributed by atoms with Crippen LogP contribution in [0.15, 0.2) is 42.5 Å². The van der Waals surface area contributed by atoms with Gasteiger partial charge < -0.3 is 4.90 Å². The van der Waals surface area contributed by atoms with E-state index < -0.39 is 33.7 Å². The fraction of sp³-hybridized carbons (Fsp3) is 0.0714. The molecule has 2 rings (SSSR count). The molecule has 0 aliphatic heterocycles. The van der Waals surface area contributed by atoms with Crippen LogP contribution in [0, 0.1) is 21.7 Å². The number of anilines is 1. The first-order valence-corrected chi connectivity index (χ1v) is 5.87. The zero-order valence-corrected chi connectivity index (χ0v) is 10.9. The largest absolute Gasteiger partial charge is 0.311 e. The maximum absolute atomic E-state index is 13.7. The van der Waals surface area contributed by atoms with E-state index in [2.05, 4.69) is 0 Å². The van der Waals surface area contributed by atoms with Crippen LogP contribution in [-0.4, -0.2) is 17.9 Å². The van der Waals surface area contributed by atoms with Crippen molar-refractivity contribution in [3.8, 4) is 0 Å². The van der Waals surface area contributed by atoms with Gasteiger partial charge in [0.15, 0.2) is 0 Å². The van der Waals surface area contributed by atoms with Crippen molar-refractivity contribution in [2.45, 2.75) is 0 Å². The van der Waals surface area contributed by atoms with Crippen LogP contribution >= 0.6 is 0 Å². The fourth-order valence-corrected chi connectivity index (χ4v) is 1.77. The lowest BCUT2D eigenvalue weighted by molar-refractivity contribution is -0.384. The summed E-state index contributed by atoms with van der Waals surface area (Å²) in [5.41, 5.74) is -0.630. The lowest BCUT2D eigenvalue weighted by Crippen LogP contribution is -2.27. The summed E-state index contributed by atoms with van der Waals surface area (Å²) in [6.07, 6.45) is 0. The Labute approximate surface area is 118 Å². The predicted octanol–water partition coefficient (Wildman–Crippen LogP) is 3.15. The van der Waals surface area contributed by atoms with Gasteiger partial charge in [-0.2, -0.15) is 0 Å². The van der Waals surface area contributed by atoms with Crippen LogP contribution in [0.4, 0.5) is 20.2 Å². The predicted molar refractivity (Wildman–Crippen MR) is 72.2 cm³/mol. The first-order chi connectivity index (χ1) is 9.90. The summed E-state index contributed by atoms with van der Waals surface area (Å²) in [5.74, 6) is -2.23. The quantitative estimate of drug-likeness (QED) is 0.645. The van der Waals surface area contributed by atoms with Crippen molar-refractivity contribution in [1.82, 2.24) is 0 Å². The SMILES string of the molecule is CN(C(=O)c1cc([N+](=O)[O-])ccc1F)c1cccc(F)c1. The lowest BCUT2D eigenvalue weighted by Gasteiger charge is -2.17. The summed E-state index contributed by atoms with van der Waals surface area (Å²) < 4.78 is 26.8. The normalized spacial score (nSPS) is 10.2. The molecule has 0 aliphatic rings. The maximum atomic E-state index is 13.7. The van der Waals surface area contributed by atoms with E-state index in [9.17, 15) is 23.7 Å². The monoisotopic (exact) mass is 292 g/mol. The average molecular weight is 292 g/mol. The Bertz CT molecular complexity index is 719. The molecule has 0 N–H and O–H groups in total. The summed E-state index contributed by atoms with van der Waals surface area (Å²) in [4.78, 5) is 23.2. The summed E-state index contributed by atoms with van der Waals surface area (Å²) >= 11 is 0. The van der Waals surface area contributed by atoms with Crippen LogP contribution in [-0.2, 0) is 0 Å². The van der Waals surface area contributed by atoms with Crippen molar-refractivity contribution in [3.63, 3.8) is 0 Å². The molecular weight excluding hydrogens is 282 g/mol. The zero-order valence-electron chi connectivity index (χ0n) is 10.9. The molecule has 0 saturated heterocycles. The minimum Gasteiger partial charge on any atom is -0.311 e. The van der Waals surface area contributed by atoms with Gasteiger partial charge in [0, 0.05) is 24.9 Å². The minimum atomic E-state index is -0.881. The standard InChI is InChI=1S/C14H10F2N2O3/c1-17(10-4-2-3-9(15)7-10)14(19)12-8-11(18(20)21)5-6-13(12)16/h2-8H,1H3. The third-order valence-electron chi connectivity index (χ3n) is 2.89. The molecule has 5 nitrogen and oxygen atoms in total. The average Bonchev–Trinajstić information content (AvgIpc) is 2.46. The molecule has 108 valence electrons. The summed E-state index contributed by atoms with van der Waals surface area (Å²) in [6.45, 7) is 0. The van der Waals surface area contributed by atoms with E-state index in [0.717, 1.165) is 29.2 Å². The van der Waals surface area contributed by atoms with Crippen LogP contribution in [0.25, 0.3) is 0 Å². The molecule has 1 amide bonds. The molecule has 0 fully saturated rings. The highest BCUT2D eigenvalue weighted by molar-refractivity contribution is 6.06. The zero-order chi connectivity index (χ0) is 15.6. The third kappa shape index (κ3) is 3.02. The Balaban J connectivity index is 2.39. The number of amides is 1. The number of benzene rings is 2. The second-order valence-corrected chi connectivity index (χ2v) is 4.27. The van der Waals surface area contributed by atoms with Gasteiger partial charge in [0.2, 0.25) is 0 Å². The van der Waals surface area contributed by atoms with E-state index >= 15 is 0 Å². The molecule has 0 aromatic heterocycles.